The first-order valence-electron chi connectivity index (χ1n) is 9.55. The molecular formula is C21H21ClN4OS. The van der Waals surface area contributed by atoms with Gasteiger partial charge in [0.1, 0.15) is 0 Å². The predicted octanol–water partition coefficient (Wildman–Crippen LogP) is 3.74. The lowest BCUT2D eigenvalue weighted by molar-refractivity contribution is 0.0656. The molecule has 1 aliphatic heterocycles. The third-order valence-electron chi connectivity index (χ3n) is 5.66. The van der Waals surface area contributed by atoms with Crippen molar-refractivity contribution in [1.82, 2.24) is 19.6 Å². The summed E-state index contributed by atoms with van der Waals surface area (Å²) in [6.07, 6.45) is 1.79. The molecule has 0 atom stereocenters. The molecule has 144 valence electrons. The molecule has 0 bridgehead atoms. The summed E-state index contributed by atoms with van der Waals surface area (Å²) < 4.78 is 1.88. The van der Waals surface area contributed by atoms with Gasteiger partial charge in [0, 0.05) is 42.2 Å². The molecule has 2 aromatic heterocycles. The number of amides is 1. The molecule has 0 unspecified atom stereocenters. The van der Waals surface area contributed by atoms with Crippen LogP contribution >= 0.6 is 22.9 Å². The zero-order valence-electron chi connectivity index (χ0n) is 15.7. The number of thiophene rings is 1. The van der Waals surface area contributed by atoms with Crippen LogP contribution in [-0.2, 0) is 12.8 Å². The lowest BCUT2D eigenvalue weighted by Crippen LogP contribution is -2.47. The number of hydrogen-bond donors (Lipinski definition) is 0. The molecule has 3 heterocycles. The highest BCUT2D eigenvalue weighted by molar-refractivity contribution is 7.10. The average Bonchev–Trinajstić information content (AvgIpc) is 3.32. The number of rotatable bonds is 2. The van der Waals surface area contributed by atoms with Crippen molar-refractivity contribution in [3.63, 3.8) is 0 Å². The third-order valence-corrected chi connectivity index (χ3v) is 6.96. The van der Waals surface area contributed by atoms with Crippen LogP contribution in [0.4, 0.5) is 0 Å². The minimum absolute atomic E-state index is 0.0360. The second-order valence-electron chi connectivity index (χ2n) is 7.39. The van der Waals surface area contributed by atoms with Crippen molar-refractivity contribution >= 4 is 28.8 Å². The standard InChI is InChI=1S/C21H21ClN4OS/c1-24-9-11-25(12-10-24)21(27)19-15-6-7-18-14(8-13-28-18)20(15)26(23-19)17-5-3-2-4-16(17)22/h2-5,8,13H,6-7,9-12H2,1H3. The number of carbonyl (C=O) groups excluding carboxylic acids is 1. The van der Waals surface area contributed by atoms with E-state index >= 15 is 0 Å². The summed E-state index contributed by atoms with van der Waals surface area (Å²) in [5.41, 5.74) is 4.65. The Kier molecular flexibility index (Phi) is 4.50. The quantitative estimate of drug-likeness (QED) is 0.643. The third kappa shape index (κ3) is 2.87. The van der Waals surface area contributed by atoms with Crippen molar-refractivity contribution in [3.8, 4) is 16.9 Å². The highest BCUT2D eigenvalue weighted by atomic mass is 35.5. The first-order valence-corrected chi connectivity index (χ1v) is 10.8. The van der Waals surface area contributed by atoms with Crippen molar-refractivity contribution in [1.29, 1.82) is 0 Å². The van der Waals surface area contributed by atoms with Gasteiger partial charge in [-0.2, -0.15) is 5.10 Å². The van der Waals surface area contributed by atoms with Crippen molar-refractivity contribution in [3.05, 3.63) is 56.9 Å². The van der Waals surface area contributed by atoms with Crippen LogP contribution in [0.1, 0.15) is 20.9 Å². The topological polar surface area (TPSA) is 41.4 Å². The van der Waals surface area contributed by atoms with Gasteiger partial charge < -0.3 is 9.80 Å². The van der Waals surface area contributed by atoms with Gasteiger partial charge in [-0.15, -0.1) is 11.3 Å². The molecule has 3 aromatic rings. The van der Waals surface area contributed by atoms with Crippen LogP contribution < -0.4 is 0 Å². The van der Waals surface area contributed by atoms with Gasteiger partial charge in [-0.25, -0.2) is 4.68 Å². The maximum Gasteiger partial charge on any atom is 0.274 e. The van der Waals surface area contributed by atoms with Gasteiger partial charge in [-0.1, -0.05) is 23.7 Å². The number of piperazine rings is 1. The van der Waals surface area contributed by atoms with Crippen LogP contribution in [0.15, 0.2) is 35.7 Å². The lowest BCUT2D eigenvalue weighted by Gasteiger charge is -2.32. The van der Waals surface area contributed by atoms with Crippen LogP contribution in [0.25, 0.3) is 16.9 Å². The van der Waals surface area contributed by atoms with Gasteiger partial charge in [0.05, 0.1) is 16.4 Å². The Morgan fingerprint density at radius 2 is 1.89 bits per heavy atom. The molecule has 1 saturated heterocycles. The highest BCUT2D eigenvalue weighted by Gasteiger charge is 2.32. The second-order valence-corrected chi connectivity index (χ2v) is 8.80. The maximum absolute atomic E-state index is 13.4. The highest BCUT2D eigenvalue weighted by Crippen LogP contribution is 2.40. The Hall–Kier alpha value is -2.15. The van der Waals surface area contributed by atoms with Crippen LogP contribution in [0.5, 0.6) is 0 Å². The molecule has 28 heavy (non-hydrogen) atoms. The van der Waals surface area contributed by atoms with E-state index in [0.717, 1.165) is 56.0 Å². The summed E-state index contributed by atoms with van der Waals surface area (Å²) in [5.74, 6) is 0.0360. The Morgan fingerprint density at radius 3 is 2.68 bits per heavy atom. The Balaban J connectivity index is 1.65. The van der Waals surface area contributed by atoms with Crippen molar-refractivity contribution in [2.75, 3.05) is 33.2 Å². The summed E-state index contributed by atoms with van der Waals surface area (Å²) in [6, 6.07) is 9.82. The van der Waals surface area contributed by atoms with E-state index in [1.54, 1.807) is 11.3 Å². The van der Waals surface area contributed by atoms with E-state index in [2.05, 4.69) is 23.4 Å². The molecule has 5 nitrogen and oxygen atoms in total. The summed E-state index contributed by atoms with van der Waals surface area (Å²) in [4.78, 5) is 18.9. The summed E-state index contributed by atoms with van der Waals surface area (Å²) in [6.45, 7) is 3.28. The number of hydrogen-bond acceptors (Lipinski definition) is 4. The van der Waals surface area contributed by atoms with E-state index in [-0.39, 0.29) is 5.91 Å². The fraction of sp³-hybridized carbons (Fsp3) is 0.333. The van der Waals surface area contributed by atoms with E-state index in [1.165, 1.54) is 10.4 Å². The van der Waals surface area contributed by atoms with Gasteiger partial charge in [0.2, 0.25) is 0 Å². The zero-order chi connectivity index (χ0) is 19.3. The number of para-hydroxylation sites is 1. The number of halogens is 1. The monoisotopic (exact) mass is 412 g/mol. The molecule has 1 amide bonds. The van der Waals surface area contributed by atoms with Crippen molar-refractivity contribution in [2.24, 2.45) is 0 Å². The van der Waals surface area contributed by atoms with Gasteiger partial charge in [0.25, 0.3) is 5.91 Å². The summed E-state index contributed by atoms with van der Waals surface area (Å²) in [7, 11) is 2.09. The number of aryl methyl sites for hydroxylation is 1. The number of fused-ring (bicyclic) bond motifs is 3. The van der Waals surface area contributed by atoms with E-state index in [0.29, 0.717) is 10.7 Å². The number of benzene rings is 1. The molecule has 1 aromatic carbocycles. The molecular weight excluding hydrogens is 392 g/mol. The SMILES string of the molecule is CN1CCN(C(=O)c2nn(-c3ccccc3Cl)c3c2CCc2sccc2-3)CC1. The molecule has 0 spiro atoms. The van der Waals surface area contributed by atoms with E-state index in [9.17, 15) is 4.79 Å². The Bertz CT molecular complexity index is 1050. The molecule has 1 fully saturated rings. The Labute approximate surface area is 173 Å². The Morgan fingerprint density at radius 1 is 1.11 bits per heavy atom. The number of likely N-dealkylation sites (N-methyl/N-ethyl adjacent to an activating group) is 1. The zero-order valence-corrected chi connectivity index (χ0v) is 17.3. The molecule has 0 N–H and O–H groups in total. The van der Waals surface area contributed by atoms with Crippen molar-refractivity contribution in [2.45, 2.75) is 12.8 Å². The molecule has 0 radical (unpaired) electrons. The molecule has 1 aliphatic carbocycles. The van der Waals surface area contributed by atoms with E-state index < -0.39 is 0 Å². The fourth-order valence-electron chi connectivity index (χ4n) is 4.08. The van der Waals surface area contributed by atoms with Crippen LogP contribution in [0.3, 0.4) is 0 Å². The largest absolute Gasteiger partial charge is 0.335 e. The molecule has 2 aliphatic rings. The number of aromatic nitrogens is 2. The first-order chi connectivity index (χ1) is 13.6. The minimum Gasteiger partial charge on any atom is -0.335 e. The number of carbonyl (C=O) groups is 1. The van der Waals surface area contributed by atoms with Gasteiger partial charge in [-0.3, -0.25) is 4.79 Å². The van der Waals surface area contributed by atoms with Gasteiger partial charge in [0.15, 0.2) is 5.69 Å². The summed E-state index contributed by atoms with van der Waals surface area (Å²) >= 11 is 8.26. The van der Waals surface area contributed by atoms with E-state index in [4.69, 9.17) is 16.7 Å². The molecule has 5 rings (SSSR count). The van der Waals surface area contributed by atoms with Gasteiger partial charge in [-0.05, 0) is 43.5 Å². The molecule has 7 heteroatoms. The average molecular weight is 413 g/mol. The minimum atomic E-state index is 0.0360. The fourth-order valence-corrected chi connectivity index (χ4v) is 5.17. The van der Waals surface area contributed by atoms with Gasteiger partial charge >= 0.3 is 0 Å². The summed E-state index contributed by atoms with van der Waals surface area (Å²) in [5, 5.41) is 7.58. The normalized spacial score (nSPS) is 16.7. The van der Waals surface area contributed by atoms with E-state index in [1.807, 2.05) is 33.8 Å². The smallest absolute Gasteiger partial charge is 0.274 e. The van der Waals surface area contributed by atoms with Crippen LogP contribution in [0.2, 0.25) is 5.02 Å². The molecule has 0 saturated carbocycles. The number of nitrogens with zero attached hydrogens (tertiary/aromatic N) is 4. The van der Waals surface area contributed by atoms with Crippen LogP contribution in [-0.4, -0.2) is 58.7 Å². The maximum atomic E-state index is 13.4. The first kappa shape index (κ1) is 17.9. The predicted molar refractivity (Wildman–Crippen MR) is 113 cm³/mol. The van der Waals surface area contributed by atoms with Crippen LogP contribution in [0, 0.1) is 0 Å². The second kappa shape index (κ2) is 7.03. The van der Waals surface area contributed by atoms with Crippen molar-refractivity contribution < 1.29 is 4.79 Å². The lowest BCUT2D eigenvalue weighted by atomic mass is 9.94.